The van der Waals surface area contributed by atoms with E-state index in [0.717, 1.165) is 36.0 Å². The molecule has 248 valence electrons. The summed E-state index contributed by atoms with van der Waals surface area (Å²) in [5.74, 6) is 3.24. The minimum atomic E-state index is -1.03. The zero-order valence-corrected chi connectivity index (χ0v) is 28.7. The Bertz CT molecular complexity index is 1480. The molecule has 0 saturated heterocycles. The lowest BCUT2D eigenvalue weighted by molar-refractivity contribution is -0.195. The number of benzene rings is 1. The van der Waals surface area contributed by atoms with Crippen LogP contribution in [-0.4, -0.2) is 22.0 Å². The van der Waals surface area contributed by atoms with Gasteiger partial charge in [0.25, 0.3) is 5.91 Å². The average Bonchev–Trinajstić information content (AvgIpc) is 3.47. The van der Waals surface area contributed by atoms with Gasteiger partial charge in [0.05, 0.1) is 17.8 Å². The summed E-state index contributed by atoms with van der Waals surface area (Å²) in [6.07, 6.45) is 20.9. The predicted molar refractivity (Wildman–Crippen MR) is 182 cm³/mol. The lowest BCUT2D eigenvalue weighted by Crippen LogP contribution is -2.61. The summed E-state index contributed by atoms with van der Waals surface area (Å²) in [5, 5.41) is 12.4. The molecular weight excluding hydrogens is 568 g/mol. The van der Waals surface area contributed by atoms with E-state index in [9.17, 15) is 14.7 Å². The molecule has 5 saturated carbocycles. The summed E-state index contributed by atoms with van der Waals surface area (Å²) >= 11 is 0. The van der Waals surface area contributed by atoms with Gasteiger partial charge in [0, 0.05) is 11.8 Å². The van der Waals surface area contributed by atoms with Gasteiger partial charge in [0.15, 0.2) is 0 Å². The number of hydrogen-bond donors (Lipinski definition) is 2. The Morgan fingerprint density at radius 2 is 1.70 bits per heavy atom. The van der Waals surface area contributed by atoms with E-state index in [-0.39, 0.29) is 18.0 Å². The summed E-state index contributed by atoms with van der Waals surface area (Å²) in [6, 6.07) is 11.2. The van der Waals surface area contributed by atoms with Crippen LogP contribution in [0.4, 0.5) is 0 Å². The van der Waals surface area contributed by atoms with Gasteiger partial charge in [-0.15, -0.1) is 0 Å². The number of aryl methyl sites for hydroxylation is 1. The first-order chi connectivity index (χ1) is 22.0. The topological polar surface area (TPSA) is 79.3 Å². The van der Waals surface area contributed by atoms with Crippen LogP contribution in [0, 0.1) is 51.2 Å². The van der Waals surface area contributed by atoms with E-state index in [1.807, 2.05) is 12.1 Å². The van der Waals surface area contributed by atoms with E-state index < -0.39 is 5.97 Å². The van der Waals surface area contributed by atoms with Crippen LogP contribution < -0.4 is 5.32 Å². The molecule has 5 nitrogen and oxygen atoms in total. The van der Waals surface area contributed by atoms with Crippen molar-refractivity contribution in [3.8, 4) is 0 Å². The van der Waals surface area contributed by atoms with Crippen molar-refractivity contribution in [1.29, 1.82) is 0 Å². The fourth-order valence-electron chi connectivity index (χ4n) is 13.2. The summed E-state index contributed by atoms with van der Waals surface area (Å²) in [7, 11) is 0. The Morgan fingerprint density at radius 1 is 0.848 bits per heavy atom. The van der Waals surface area contributed by atoms with Gasteiger partial charge in [-0.05, 0) is 158 Å². The maximum absolute atomic E-state index is 13.1. The maximum atomic E-state index is 13.1. The number of aromatic nitrogens is 1. The molecule has 5 fully saturated rings. The number of aromatic carboxylic acids is 1. The molecule has 5 aliphatic carbocycles. The summed E-state index contributed by atoms with van der Waals surface area (Å²) in [4.78, 5) is 28.8. The van der Waals surface area contributed by atoms with Crippen LogP contribution in [0.2, 0.25) is 0 Å². The minimum absolute atomic E-state index is 0.0935. The molecule has 2 aromatic rings. The fourth-order valence-corrected chi connectivity index (χ4v) is 13.2. The number of carboxylic acids is 1. The number of fused-ring (bicyclic) bond motifs is 7. The van der Waals surface area contributed by atoms with E-state index in [2.05, 4.69) is 50.1 Å². The van der Waals surface area contributed by atoms with Crippen LogP contribution >= 0.6 is 0 Å². The monoisotopic (exact) mass is 624 g/mol. The van der Waals surface area contributed by atoms with Gasteiger partial charge in [-0.2, -0.15) is 0 Å². The summed E-state index contributed by atoms with van der Waals surface area (Å²) in [5.41, 5.74) is 4.36. The Morgan fingerprint density at radius 3 is 2.52 bits per heavy atom. The number of carbonyl (C=O) groups excluding carboxylic acids is 1. The zero-order valence-electron chi connectivity index (χ0n) is 28.7. The molecular formula is C41H56N2O3. The van der Waals surface area contributed by atoms with Crippen molar-refractivity contribution in [3.05, 3.63) is 65.0 Å². The molecule has 1 aromatic carbocycles. The highest BCUT2D eigenvalue weighted by molar-refractivity contribution is 5.94. The molecule has 8 atom stereocenters. The van der Waals surface area contributed by atoms with Crippen molar-refractivity contribution in [2.75, 3.05) is 0 Å². The van der Waals surface area contributed by atoms with Crippen LogP contribution in [0.15, 0.2) is 42.6 Å². The van der Waals surface area contributed by atoms with Gasteiger partial charge >= 0.3 is 5.97 Å². The number of amides is 1. The Hall–Kier alpha value is -2.69. The lowest BCUT2D eigenvalue weighted by Gasteiger charge is -2.68. The molecule has 8 unspecified atom stereocenters. The second kappa shape index (κ2) is 11.8. The summed E-state index contributed by atoms with van der Waals surface area (Å²) < 4.78 is 0. The van der Waals surface area contributed by atoms with E-state index in [1.54, 1.807) is 12.3 Å². The van der Waals surface area contributed by atoms with E-state index >= 15 is 0 Å². The van der Waals surface area contributed by atoms with E-state index in [4.69, 9.17) is 0 Å². The van der Waals surface area contributed by atoms with Crippen LogP contribution in [0.5, 0.6) is 0 Å². The molecule has 7 rings (SSSR count). The molecule has 0 spiro atoms. The smallest absolute Gasteiger partial charge is 0.337 e. The highest BCUT2D eigenvalue weighted by Crippen LogP contribution is 2.73. The third-order valence-electron chi connectivity index (χ3n) is 15.1. The zero-order chi connectivity index (χ0) is 32.3. The lowest BCUT2D eigenvalue weighted by atomic mass is 9.36. The van der Waals surface area contributed by atoms with Crippen molar-refractivity contribution < 1.29 is 14.7 Å². The molecule has 0 bridgehead atoms. The van der Waals surface area contributed by atoms with Crippen LogP contribution in [0.1, 0.15) is 143 Å². The van der Waals surface area contributed by atoms with Crippen molar-refractivity contribution in [3.63, 3.8) is 0 Å². The standard InChI is InChI=1S/C41H56N2O3/c1-38(2)18-8-19-40(4)34(38)17-21-39(3)31-16-23-41(20-6-12-32(41)29(31)13-14-35(39)40)22-15-27-9-5-10-28(25-27)36(44)43-26-33-30(37(45)46)11-7-24-42-33/h5,7,9-11,24-25,29,31-32,34-35H,6,8,12-23,26H2,1-4H3,(H,43,44)(H,45,46). The number of rotatable bonds is 7. The quantitative estimate of drug-likeness (QED) is 0.322. The third kappa shape index (κ3) is 5.23. The normalized spacial score (nSPS) is 37.7. The van der Waals surface area contributed by atoms with Crippen molar-refractivity contribution in [1.82, 2.24) is 10.3 Å². The largest absolute Gasteiger partial charge is 0.478 e. The number of hydrogen-bond acceptors (Lipinski definition) is 3. The van der Waals surface area contributed by atoms with Gasteiger partial charge in [-0.1, -0.05) is 52.7 Å². The Kier molecular flexibility index (Phi) is 8.16. The van der Waals surface area contributed by atoms with Gasteiger partial charge in [-0.3, -0.25) is 9.78 Å². The first kappa shape index (κ1) is 31.9. The SMILES string of the molecule is CC1(C)CCCC2(C)C1CCC1(C)C3CCC4(CCc5cccc(C(=O)NCc6ncccc6C(=O)O)c5)CCCC4C3CCC12. The first-order valence-electron chi connectivity index (χ1n) is 18.5. The van der Waals surface area contributed by atoms with Crippen molar-refractivity contribution in [2.24, 2.45) is 51.2 Å². The second-order valence-corrected chi connectivity index (χ2v) is 17.4. The fraction of sp³-hybridized carbons (Fsp3) is 0.683. The average molecular weight is 625 g/mol. The highest BCUT2D eigenvalue weighted by atomic mass is 16.4. The predicted octanol–water partition coefficient (Wildman–Crippen LogP) is 9.50. The molecule has 1 amide bonds. The maximum Gasteiger partial charge on any atom is 0.337 e. The van der Waals surface area contributed by atoms with Gasteiger partial charge < -0.3 is 10.4 Å². The molecule has 46 heavy (non-hydrogen) atoms. The number of carboxylic acid groups (broad SMARTS) is 1. The molecule has 5 heteroatoms. The van der Waals surface area contributed by atoms with Crippen molar-refractivity contribution in [2.45, 2.75) is 124 Å². The number of carbonyl (C=O) groups is 2. The summed E-state index contributed by atoms with van der Waals surface area (Å²) in [6.45, 7) is 10.7. The molecule has 0 aliphatic heterocycles. The Labute approximate surface area is 276 Å². The van der Waals surface area contributed by atoms with Crippen LogP contribution in [-0.2, 0) is 13.0 Å². The first-order valence-corrected chi connectivity index (χ1v) is 18.5. The van der Waals surface area contributed by atoms with Gasteiger partial charge in [0.2, 0.25) is 0 Å². The molecule has 2 N–H and O–H groups in total. The highest BCUT2D eigenvalue weighted by Gasteiger charge is 2.65. The molecule has 1 heterocycles. The minimum Gasteiger partial charge on any atom is -0.478 e. The van der Waals surface area contributed by atoms with Gasteiger partial charge in [0.1, 0.15) is 0 Å². The second-order valence-electron chi connectivity index (χ2n) is 17.4. The van der Waals surface area contributed by atoms with E-state index in [0.29, 0.717) is 32.9 Å². The Balaban J connectivity index is 1.03. The molecule has 1 aromatic heterocycles. The molecule has 0 radical (unpaired) electrons. The van der Waals surface area contributed by atoms with Crippen molar-refractivity contribution >= 4 is 11.9 Å². The van der Waals surface area contributed by atoms with Crippen LogP contribution in [0.3, 0.4) is 0 Å². The third-order valence-corrected chi connectivity index (χ3v) is 15.1. The molecule has 5 aliphatic rings. The van der Waals surface area contributed by atoms with Gasteiger partial charge in [-0.25, -0.2) is 4.79 Å². The number of nitrogens with one attached hydrogen (secondary N) is 1. The van der Waals surface area contributed by atoms with Crippen LogP contribution in [0.25, 0.3) is 0 Å². The van der Waals surface area contributed by atoms with E-state index in [1.165, 1.54) is 95.1 Å². The number of pyridine rings is 1. The number of nitrogens with zero attached hydrogens (tertiary/aromatic N) is 1.